The Morgan fingerprint density at radius 3 is 2.55 bits per heavy atom. The summed E-state index contributed by atoms with van der Waals surface area (Å²) in [6.45, 7) is 5.13. The molecule has 20 heavy (non-hydrogen) atoms. The Labute approximate surface area is 118 Å². The van der Waals surface area contributed by atoms with Gasteiger partial charge in [-0.2, -0.15) is 0 Å². The van der Waals surface area contributed by atoms with Gasteiger partial charge in [0.1, 0.15) is 11.9 Å². The molecule has 0 aliphatic rings. The number of halogens is 1. The highest BCUT2D eigenvalue weighted by Gasteiger charge is 2.32. The van der Waals surface area contributed by atoms with Crippen molar-refractivity contribution in [2.24, 2.45) is 0 Å². The molecule has 4 nitrogen and oxygen atoms in total. The van der Waals surface area contributed by atoms with Crippen LogP contribution in [0.2, 0.25) is 0 Å². The lowest BCUT2D eigenvalue weighted by molar-refractivity contribution is -0.142. The third-order valence-electron chi connectivity index (χ3n) is 3.29. The molecule has 0 fully saturated rings. The Kier molecular flexibility index (Phi) is 5.25. The highest BCUT2D eigenvalue weighted by molar-refractivity contribution is 5.90. The van der Waals surface area contributed by atoms with E-state index in [0.717, 1.165) is 0 Å². The van der Waals surface area contributed by atoms with Crippen LogP contribution in [-0.2, 0) is 15.0 Å². The predicted molar refractivity (Wildman–Crippen MR) is 73.9 cm³/mol. The van der Waals surface area contributed by atoms with E-state index in [9.17, 15) is 14.0 Å². The van der Waals surface area contributed by atoms with Gasteiger partial charge in [-0.1, -0.05) is 25.5 Å². The van der Waals surface area contributed by atoms with E-state index in [0.29, 0.717) is 18.4 Å². The average molecular weight is 281 g/mol. The van der Waals surface area contributed by atoms with Crippen LogP contribution in [0.15, 0.2) is 24.3 Å². The van der Waals surface area contributed by atoms with Crippen LogP contribution in [0.25, 0.3) is 0 Å². The van der Waals surface area contributed by atoms with Crippen LogP contribution in [0, 0.1) is 5.82 Å². The SMILES string of the molecule is CCCC(NC(=O)C(C)(C)c1cccc(F)c1)C(=O)O. The van der Waals surface area contributed by atoms with Gasteiger partial charge in [0.15, 0.2) is 0 Å². The highest BCUT2D eigenvalue weighted by atomic mass is 19.1. The zero-order chi connectivity index (χ0) is 15.3. The number of hydrogen-bond acceptors (Lipinski definition) is 2. The first kappa shape index (κ1) is 16.1. The molecule has 0 heterocycles. The molecule has 1 unspecified atom stereocenters. The maximum atomic E-state index is 13.2. The molecule has 1 amide bonds. The topological polar surface area (TPSA) is 66.4 Å². The zero-order valence-electron chi connectivity index (χ0n) is 11.9. The molecule has 0 bridgehead atoms. The molecule has 0 aliphatic carbocycles. The molecular weight excluding hydrogens is 261 g/mol. The van der Waals surface area contributed by atoms with Gasteiger partial charge in [-0.05, 0) is 38.0 Å². The lowest BCUT2D eigenvalue weighted by Gasteiger charge is -2.26. The zero-order valence-corrected chi connectivity index (χ0v) is 11.9. The molecule has 0 aliphatic heterocycles. The van der Waals surface area contributed by atoms with Crippen molar-refractivity contribution in [3.63, 3.8) is 0 Å². The van der Waals surface area contributed by atoms with Crippen LogP contribution in [-0.4, -0.2) is 23.0 Å². The highest BCUT2D eigenvalue weighted by Crippen LogP contribution is 2.24. The summed E-state index contributed by atoms with van der Waals surface area (Å²) in [6, 6.07) is 4.85. The summed E-state index contributed by atoms with van der Waals surface area (Å²) in [5, 5.41) is 11.6. The van der Waals surface area contributed by atoms with E-state index in [1.165, 1.54) is 18.2 Å². The van der Waals surface area contributed by atoms with Gasteiger partial charge in [-0.15, -0.1) is 0 Å². The first-order chi connectivity index (χ1) is 9.28. The van der Waals surface area contributed by atoms with E-state index < -0.39 is 29.2 Å². The molecule has 0 saturated carbocycles. The second-order valence-electron chi connectivity index (χ2n) is 5.29. The monoisotopic (exact) mass is 281 g/mol. The summed E-state index contributed by atoms with van der Waals surface area (Å²) in [6.07, 6.45) is 1.01. The third kappa shape index (κ3) is 3.79. The number of carbonyl (C=O) groups is 2. The Hall–Kier alpha value is -1.91. The third-order valence-corrected chi connectivity index (χ3v) is 3.29. The Bertz CT molecular complexity index is 500. The van der Waals surface area contributed by atoms with E-state index in [1.54, 1.807) is 19.9 Å². The Morgan fingerprint density at radius 2 is 2.05 bits per heavy atom. The summed E-state index contributed by atoms with van der Waals surface area (Å²) in [5.74, 6) is -1.91. The summed E-state index contributed by atoms with van der Waals surface area (Å²) >= 11 is 0. The van der Waals surface area contributed by atoms with Crippen molar-refractivity contribution < 1.29 is 19.1 Å². The molecule has 110 valence electrons. The lowest BCUT2D eigenvalue weighted by Crippen LogP contribution is -2.48. The van der Waals surface area contributed by atoms with Gasteiger partial charge in [-0.3, -0.25) is 4.79 Å². The van der Waals surface area contributed by atoms with E-state index in [1.807, 2.05) is 6.92 Å². The van der Waals surface area contributed by atoms with Gasteiger partial charge in [0.2, 0.25) is 5.91 Å². The number of amides is 1. The Balaban J connectivity index is 2.91. The second-order valence-corrected chi connectivity index (χ2v) is 5.29. The fourth-order valence-electron chi connectivity index (χ4n) is 1.89. The maximum Gasteiger partial charge on any atom is 0.326 e. The largest absolute Gasteiger partial charge is 0.480 e. The molecule has 0 spiro atoms. The number of aliphatic carboxylic acids is 1. The van der Waals surface area contributed by atoms with Gasteiger partial charge in [0, 0.05) is 0 Å². The molecule has 5 heteroatoms. The van der Waals surface area contributed by atoms with Crippen LogP contribution < -0.4 is 5.32 Å². The number of carboxylic acid groups (broad SMARTS) is 1. The van der Waals surface area contributed by atoms with Crippen molar-refractivity contribution in [3.8, 4) is 0 Å². The standard InChI is InChI=1S/C15H20FNO3/c1-4-6-12(13(18)19)17-14(20)15(2,3)10-7-5-8-11(16)9-10/h5,7-9,12H,4,6H2,1-3H3,(H,17,20)(H,18,19). The molecule has 1 aromatic carbocycles. The van der Waals surface area contributed by atoms with Gasteiger partial charge in [-0.25, -0.2) is 9.18 Å². The number of hydrogen-bond donors (Lipinski definition) is 2. The first-order valence-corrected chi connectivity index (χ1v) is 6.58. The van der Waals surface area contributed by atoms with Gasteiger partial charge in [0.05, 0.1) is 5.41 Å². The minimum absolute atomic E-state index is 0.361. The maximum absolute atomic E-state index is 13.2. The van der Waals surface area contributed by atoms with Gasteiger partial charge < -0.3 is 10.4 Å². The van der Waals surface area contributed by atoms with Gasteiger partial charge >= 0.3 is 5.97 Å². The molecule has 1 rings (SSSR count). The molecule has 1 atom stereocenters. The van der Waals surface area contributed by atoms with Gasteiger partial charge in [0.25, 0.3) is 0 Å². The van der Waals surface area contributed by atoms with Crippen LogP contribution in [0.1, 0.15) is 39.2 Å². The lowest BCUT2D eigenvalue weighted by atomic mass is 9.83. The van der Waals surface area contributed by atoms with Crippen molar-refractivity contribution in [2.75, 3.05) is 0 Å². The predicted octanol–water partition coefficient (Wildman–Crippen LogP) is 2.47. The normalized spacial score (nSPS) is 12.8. The quantitative estimate of drug-likeness (QED) is 0.841. The minimum Gasteiger partial charge on any atom is -0.480 e. The smallest absolute Gasteiger partial charge is 0.326 e. The molecule has 0 aromatic heterocycles. The second kappa shape index (κ2) is 6.50. The van der Waals surface area contributed by atoms with Crippen LogP contribution in [0.4, 0.5) is 4.39 Å². The molecule has 0 saturated heterocycles. The summed E-state index contributed by atoms with van der Waals surface area (Å²) in [4.78, 5) is 23.3. The van der Waals surface area contributed by atoms with Crippen molar-refractivity contribution in [1.29, 1.82) is 0 Å². The van der Waals surface area contributed by atoms with Crippen molar-refractivity contribution in [2.45, 2.75) is 45.1 Å². The average Bonchev–Trinajstić information content (AvgIpc) is 2.37. The first-order valence-electron chi connectivity index (χ1n) is 6.58. The summed E-state index contributed by atoms with van der Waals surface area (Å²) in [5.41, 5.74) is -0.487. The van der Waals surface area contributed by atoms with E-state index in [4.69, 9.17) is 5.11 Å². The van der Waals surface area contributed by atoms with Crippen LogP contribution >= 0.6 is 0 Å². The molecular formula is C15H20FNO3. The summed E-state index contributed by atoms with van der Waals surface area (Å²) in [7, 11) is 0. The van der Waals surface area contributed by atoms with E-state index in [-0.39, 0.29) is 0 Å². The van der Waals surface area contributed by atoms with Crippen molar-refractivity contribution in [3.05, 3.63) is 35.6 Å². The Morgan fingerprint density at radius 1 is 1.40 bits per heavy atom. The fourth-order valence-corrected chi connectivity index (χ4v) is 1.89. The fraction of sp³-hybridized carbons (Fsp3) is 0.467. The number of carbonyl (C=O) groups excluding carboxylic acids is 1. The van der Waals surface area contributed by atoms with Crippen LogP contribution in [0.5, 0.6) is 0 Å². The number of rotatable bonds is 6. The molecule has 2 N–H and O–H groups in total. The van der Waals surface area contributed by atoms with E-state index in [2.05, 4.69) is 5.32 Å². The molecule has 1 aromatic rings. The molecule has 0 radical (unpaired) electrons. The van der Waals surface area contributed by atoms with Crippen LogP contribution in [0.3, 0.4) is 0 Å². The number of carboxylic acids is 1. The minimum atomic E-state index is -1.06. The summed E-state index contributed by atoms with van der Waals surface area (Å²) < 4.78 is 13.2. The van der Waals surface area contributed by atoms with E-state index >= 15 is 0 Å². The van der Waals surface area contributed by atoms with Crippen molar-refractivity contribution in [1.82, 2.24) is 5.32 Å². The van der Waals surface area contributed by atoms with Crippen molar-refractivity contribution >= 4 is 11.9 Å². The number of nitrogens with one attached hydrogen (secondary N) is 1. The number of benzene rings is 1.